The van der Waals surface area contributed by atoms with E-state index in [0.29, 0.717) is 13.4 Å². The number of hydrogen-bond acceptors (Lipinski definition) is 6. The molecule has 122 valence electrons. The van der Waals surface area contributed by atoms with E-state index in [2.05, 4.69) is 28.1 Å². The van der Waals surface area contributed by atoms with Gasteiger partial charge in [0, 0.05) is 31.7 Å². The highest BCUT2D eigenvalue weighted by Crippen LogP contribution is 2.36. The van der Waals surface area contributed by atoms with Gasteiger partial charge in [0.05, 0.1) is 6.61 Å². The molecule has 0 N–H and O–H groups in total. The number of benzene rings is 1. The van der Waals surface area contributed by atoms with Gasteiger partial charge >= 0.3 is 0 Å². The lowest BCUT2D eigenvalue weighted by Crippen LogP contribution is -2.38. The fraction of sp³-hybridized carbons (Fsp3) is 0.500. The maximum absolute atomic E-state index is 5.90. The number of nitrogens with zero attached hydrogens (tertiary/aromatic N) is 4. The molecule has 0 spiro atoms. The van der Waals surface area contributed by atoms with Crippen LogP contribution in [0.3, 0.4) is 0 Å². The van der Waals surface area contributed by atoms with Crippen LogP contribution < -0.4 is 9.47 Å². The molecule has 1 saturated heterocycles. The molecule has 2 aromatic rings. The summed E-state index contributed by atoms with van der Waals surface area (Å²) in [7, 11) is 0. The van der Waals surface area contributed by atoms with Crippen LogP contribution in [0.4, 0.5) is 0 Å². The van der Waals surface area contributed by atoms with E-state index in [0.717, 1.165) is 49.1 Å². The molecule has 3 heterocycles. The lowest BCUT2D eigenvalue weighted by Gasteiger charge is -2.32. The molecule has 1 fully saturated rings. The highest BCUT2D eigenvalue weighted by molar-refractivity contribution is 5.48. The predicted octanol–water partition coefficient (Wildman–Crippen LogP) is 1.60. The van der Waals surface area contributed by atoms with Crippen LogP contribution >= 0.6 is 0 Å². The van der Waals surface area contributed by atoms with Crippen LogP contribution in [-0.4, -0.2) is 46.2 Å². The van der Waals surface area contributed by atoms with Crippen molar-refractivity contribution in [1.82, 2.24) is 19.7 Å². The molecule has 2 aliphatic rings. The molecule has 23 heavy (non-hydrogen) atoms. The molecule has 4 rings (SSSR count). The van der Waals surface area contributed by atoms with Gasteiger partial charge in [-0.3, -0.25) is 4.90 Å². The van der Waals surface area contributed by atoms with Crippen LogP contribution in [0.2, 0.25) is 0 Å². The van der Waals surface area contributed by atoms with Gasteiger partial charge in [-0.15, -0.1) is 10.2 Å². The van der Waals surface area contributed by atoms with Crippen LogP contribution in [0.15, 0.2) is 24.5 Å². The second kappa shape index (κ2) is 6.17. The topological polar surface area (TPSA) is 61.6 Å². The van der Waals surface area contributed by atoms with E-state index >= 15 is 0 Å². The van der Waals surface area contributed by atoms with Gasteiger partial charge in [-0.05, 0) is 13.0 Å². The van der Waals surface area contributed by atoms with E-state index in [1.807, 2.05) is 16.7 Å². The van der Waals surface area contributed by atoms with E-state index in [1.165, 1.54) is 0 Å². The van der Waals surface area contributed by atoms with Crippen LogP contribution in [0.1, 0.15) is 24.4 Å². The van der Waals surface area contributed by atoms with Crippen LogP contribution in [0.25, 0.3) is 0 Å². The van der Waals surface area contributed by atoms with E-state index in [9.17, 15) is 0 Å². The van der Waals surface area contributed by atoms with Gasteiger partial charge in [-0.1, -0.05) is 12.1 Å². The Hall–Kier alpha value is -2.12. The lowest BCUT2D eigenvalue weighted by atomic mass is 10.1. The Morgan fingerprint density at radius 1 is 1.30 bits per heavy atom. The minimum Gasteiger partial charge on any atom is -0.454 e. The zero-order valence-electron chi connectivity index (χ0n) is 13.1. The molecule has 0 saturated carbocycles. The summed E-state index contributed by atoms with van der Waals surface area (Å²) in [6, 6.07) is 6.04. The van der Waals surface area contributed by atoms with Crippen molar-refractivity contribution in [2.45, 2.75) is 26.1 Å². The molecule has 1 atom stereocenters. The number of morpholine rings is 1. The standard InChI is InChI=1S/C16H20N4O3/c1-2-20-10-17-18-16(20)14-9-19(6-7-21-14)8-12-4-3-5-13-15(12)23-11-22-13/h3-5,10,14H,2,6-9,11H2,1H3/t14-/m0/s1. The Morgan fingerprint density at radius 3 is 3.17 bits per heavy atom. The minimum absolute atomic E-state index is 0.0415. The van der Waals surface area contributed by atoms with Crippen LogP contribution in [0.5, 0.6) is 11.5 Å². The first-order chi connectivity index (χ1) is 11.3. The number of hydrogen-bond donors (Lipinski definition) is 0. The molecule has 0 radical (unpaired) electrons. The zero-order valence-corrected chi connectivity index (χ0v) is 13.1. The monoisotopic (exact) mass is 316 g/mol. The van der Waals surface area contributed by atoms with Crippen LogP contribution in [-0.2, 0) is 17.8 Å². The summed E-state index contributed by atoms with van der Waals surface area (Å²) in [5.41, 5.74) is 1.15. The maximum Gasteiger partial charge on any atom is 0.231 e. The number of para-hydroxylation sites is 1. The van der Waals surface area contributed by atoms with Gasteiger partial charge in [0.15, 0.2) is 17.3 Å². The predicted molar refractivity (Wildman–Crippen MR) is 82.2 cm³/mol. The Bertz CT molecular complexity index is 688. The molecule has 0 unspecified atom stereocenters. The highest BCUT2D eigenvalue weighted by Gasteiger charge is 2.27. The summed E-state index contributed by atoms with van der Waals surface area (Å²) in [6.45, 7) is 6.42. The van der Waals surface area contributed by atoms with Crippen molar-refractivity contribution in [3.63, 3.8) is 0 Å². The summed E-state index contributed by atoms with van der Waals surface area (Å²) in [4.78, 5) is 2.36. The van der Waals surface area contributed by atoms with Gasteiger partial charge < -0.3 is 18.8 Å². The molecule has 7 nitrogen and oxygen atoms in total. The van der Waals surface area contributed by atoms with Gasteiger partial charge in [-0.2, -0.15) is 0 Å². The van der Waals surface area contributed by atoms with Gasteiger partial charge in [0.2, 0.25) is 6.79 Å². The van der Waals surface area contributed by atoms with Crippen molar-refractivity contribution >= 4 is 0 Å². The Balaban J connectivity index is 1.49. The molecule has 0 amide bonds. The normalized spacial score (nSPS) is 20.8. The average molecular weight is 316 g/mol. The molecule has 0 bridgehead atoms. The zero-order chi connectivity index (χ0) is 15.6. The SMILES string of the molecule is CCn1cnnc1[C@@H]1CN(Cc2cccc3c2OCO3)CCO1. The Morgan fingerprint density at radius 2 is 2.26 bits per heavy atom. The van der Waals surface area contributed by atoms with Gasteiger partial charge in [-0.25, -0.2) is 0 Å². The van der Waals surface area contributed by atoms with Gasteiger partial charge in [0.1, 0.15) is 12.4 Å². The molecular formula is C16H20N4O3. The van der Waals surface area contributed by atoms with Crippen molar-refractivity contribution in [2.24, 2.45) is 0 Å². The number of ether oxygens (including phenoxy) is 3. The molecule has 7 heteroatoms. The third-order valence-electron chi connectivity index (χ3n) is 4.30. The minimum atomic E-state index is -0.0415. The average Bonchev–Trinajstić information content (AvgIpc) is 3.24. The fourth-order valence-corrected chi connectivity index (χ4v) is 3.12. The number of aryl methyl sites for hydroxylation is 1. The van der Waals surface area contributed by atoms with E-state index < -0.39 is 0 Å². The van der Waals surface area contributed by atoms with E-state index in [1.54, 1.807) is 6.33 Å². The van der Waals surface area contributed by atoms with E-state index in [4.69, 9.17) is 14.2 Å². The van der Waals surface area contributed by atoms with Crippen LogP contribution in [0, 0.1) is 0 Å². The largest absolute Gasteiger partial charge is 0.454 e. The first-order valence-corrected chi connectivity index (χ1v) is 7.94. The second-order valence-electron chi connectivity index (χ2n) is 5.72. The molecule has 1 aromatic heterocycles. The second-order valence-corrected chi connectivity index (χ2v) is 5.72. The molecule has 1 aromatic carbocycles. The van der Waals surface area contributed by atoms with E-state index in [-0.39, 0.29) is 6.10 Å². The summed E-state index contributed by atoms with van der Waals surface area (Å²) < 4.78 is 19.0. The quantitative estimate of drug-likeness (QED) is 0.854. The molecule has 0 aliphatic carbocycles. The maximum atomic E-state index is 5.90. The molecular weight excluding hydrogens is 296 g/mol. The van der Waals surface area contributed by atoms with Crippen molar-refractivity contribution < 1.29 is 14.2 Å². The number of fused-ring (bicyclic) bond motifs is 1. The van der Waals surface area contributed by atoms with Crippen molar-refractivity contribution in [3.05, 3.63) is 35.9 Å². The summed E-state index contributed by atoms with van der Waals surface area (Å²) in [5.74, 6) is 2.60. The highest BCUT2D eigenvalue weighted by atomic mass is 16.7. The van der Waals surface area contributed by atoms with Crippen molar-refractivity contribution in [3.8, 4) is 11.5 Å². The first-order valence-electron chi connectivity index (χ1n) is 7.94. The van der Waals surface area contributed by atoms with Crippen molar-refractivity contribution in [1.29, 1.82) is 0 Å². The molecule has 2 aliphatic heterocycles. The third kappa shape index (κ3) is 2.77. The third-order valence-corrected chi connectivity index (χ3v) is 4.30. The smallest absolute Gasteiger partial charge is 0.231 e. The summed E-state index contributed by atoms with van der Waals surface area (Å²) >= 11 is 0. The number of aromatic nitrogens is 3. The summed E-state index contributed by atoms with van der Waals surface area (Å²) in [6.07, 6.45) is 1.72. The van der Waals surface area contributed by atoms with Crippen molar-refractivity contribution in [2.75, 3.05) is 26.5 Å². The van der Waals surface area contributed by atoms with Gasteiger partial charge in [0.25, 0.3) is 0 Å². The number of rotatable bonds is 4. The Labute approximate surface area is 134 Å². The lowest BCUT2D eigenvalue weighted by molar-refractivity contribution is -0.0390. The Kier molecular flexibility index (Phi) is 3.88. The fourth-order valence-electron chi connectivity index (χ4n) is 3.12. The summed E-state index contributed by atoms with van der Waals surface area (Å²) in [5, 5.41) is 8.23. The first kappa shape index (κ1) is 14.5.